The van der Waals surface area contributed by atoms with Gasteiger partial charge in [-0.1, -0.05) is 97.1 Å². The van der Waals surface area contributed by atoms with Gasteiger partial charge < -0.3 is 10.2 Å². The molecule has 0 aliphatic heterocycles. The first-order valence-corrected chi connectivity index (χ1v) is 16.5. The van der Waals surface area contributed by atoms with Crippen molar-refractivity contribution in [2.75, 3.05) is 24.9 Å². The first-order valence-electron chi connectivity index (χ1n) is 14.4. The van der Waals surface area contributed by atoms with E-state index in [4.69, 9.17) is 23.2 Å². The Labute approximate surface area is 264 Å². The smallest absolute Gasteiger partial charge is 0.304 e. The van der Waals surface area contributed by atoms with Gasteiger partial charge in [-0.15, -0.1) is 0 Å². The van der Waals surface area contributed by atoms with E-state index in [0.29, 0.717) is 21.3 Å². The number of para-hydroxylation sites is 1. The SMILES string of the molecule is CN(C)S(=O)(=O)N(CC(=O)N(Cc1ccc(Cl)c(Cl)c1)[C@H](Cc1ccccc1)C(=O)NC1CCCCC1)c1ccccc1. The Morgan fingerprint density at radius 1 is 0.860 bits per heavy atom. The van der Waals surface area contributed by atoms with E-state index in [-0.39, 0.29) is 24.9 Å². The van der Waals surface area contributed by atoms with Crippen LogP contribution in [0.25, 0.3) is 0 Å². The quantitative estimate of drug-likeness (QED) is 0.274. The number of rotatable bonds is 12. The van der Waals surface area contributed by atoms with E-state index >= 15 is 0 Å². The van der Waals surface area contributed by atoms with Gasteiger partial charge in [-0.2, -0.15) is 12.7 Å². The molecule has 3 aromatic rings. The molecule has 0 unspecified atom stereocenters. The average Bonchev–Trinajstić information content (AvgIpc) is 3.00. The van der Waals surface area contributed by atoms with E-state index in [1.165, 1.54) is 19.0 Å². The van der Waals surface area contributed by atoms with Crippen LogP contribution in [0.2, 0.25) is 10.0 Å². The summed E-state index contributed by atoms with van der Waals surface area (Å²) in [6.45, 7) is -0.482. The second kappa shape index (κ2) is 15.1. The topological polar surface area (TPSA) is 90.0 Å². The Hall–Kier alpha value is -3.11. The fraction of sp³-hybridized carbons (Fsp3) is 0.375. The maximum atomic E-state index is 14.3. The molecule has 43 heavy (non-hydrogen) atoms. The monoisotopic (exact) mass is 644 g/mol. The van der Waals surface area contributed by atoms with Gasteiger partial charge in [0, 0.05) is 33.1 Å². The summed E-state index contributed by atoms with van der Waals surface area (Å²) in [7, 11) is -1.22. The molecule has 0 heterocycles. The van der Waals surface area contributed by atoms with Crippen LogP contribution in [0.1, 0.15) is 43.2 Å². The molecule has 4 rings (SSSR count). The van der Waals surface area contributed by atoms with Crippen LogP contribution < -0.4 is 9.62 Å². The Morgan fingerprint density at radius 2 is 1.49 bits per heavy atom. The van der Waals surface area contributed by atoms with Crippen molar-refractivity contribution in [2.24, 2.45) is 0 Å². The van der Waals surface area contributed by atoms with E-state index in [2.05, 4.69) is 5.32 Å². The maximum Gasteiger partial charge on any atom is 0.304 e. The van der Waals surface area contributed by atoms with E-state index in [0.717, 1.165) is 46.3 Å². The molecule has 0 saturated heterocycles. The number of carbonyl (C=O) groups excluding carboxylic acids is 2. The summed E-state index contributed by atoms with van der Waals surface area (Å²) in [6, 6.07) is 22.1. The molecule has 1 saturated carbocycles. The van der Waals surface area contributed by atoms with Crippen molar-refractivity contribution < 1.29 is 18.0 Å². The summed E-state index contributed by atoms with van der Waals surface area (Å²) in [4.78, 5) is 29.8. The Balaban J connectivity index is 1.75. The standard InChI is InChI=1S/C32H38Cl2N4O4S/c1-36(2)43(41,42)38(27-16-10-5-11-17-27)23-31(39)37(22-25-18-19-28(33)29(34)20-25)30(21-24-12-6-3-7-13-24)32(40)35-26-14-8-4-9-15-26/h3,5-7,10-13,16-20,26,30H,4,8-9,14-15,21-23H2,1-2H3,(H,35,40)/t30-/m1/s1. The van der Waals surface area contributed by atoms with E-state index < -0.39 is 28.7 Å². The molecule has 2 amide bonds. The number of hydrogen-bond acceptors (Lipinski definition) is 4. The molecule has 0 spiro atoms. The molecule has 230 valence electrons. The minimum atomic E-state index is -4.05. The molecular weight excluding hydrogens is 607 g/mol. The van der Waals surface area contributed by atoms with Crippen molar-refractivity contribution in [3.63, 3.8) is 0 Å². The van der Waals surface area contributed by atoms with Gasteiger partial charge in [0.05, 0.1) is 15.7 Å². The van der Waals surface area contributed by atoms with Crippen LogP contribution in [0.5, 0.6) is 0 Å². The fourth-order valence-corrected chi connectivity index (χ4v) is 6.62. The maximum absolute atomic E-state index is 14.3. The van der Waals surface area contributed by atoms with Crippen molar-refractivity contribution in [2.45, 2.75) is 57.2 Å². The molecule has 1 atom stereocenters. The molecule has 1 aliphatic carbocycles. The number of hydrogen-bond donors (Lipinski definition) is 1. The predicted molar refractivity (Wildman–Crippen MR) is 172 cm³/mol. The van der Waals surface area contributed by atoms with Gasteiger partial charge in [-0.25, -0.2) is 4.31 Å². The molecule has 3 aromatic carbocycles. The number of nitrogens with zero attached hydrogens (tertiary/aromatic N) is 3. The van der Waals surface area contributed by atoms with Gasteiger partial charge in [0.25, 0.3) is 0 Å². The largest absolute Gasteiger partial charge is 0.352 e. The summed E-state index contributed by atoms with van der Waals surface area (Å²) in [5, 5.41) is 3.88. The summed E-state index contributed by atoms with van der Waals surface area (Å²) in [5.74, 6) is -0.800. The normalized spacial score (nSPS) is 14.7. The number of halogens is 2. The lowest BCUT2D eigenvalue weighted by Gasteiger charge is -2.35. The lowest BCUT2D eigenvalue weighted by Crippen LogP contribution is -2.55. The van der Waals surface area contributed by atoms with Crippen molar-refractivity contribution in [3.8, 4) is 0 Å². The van der Waals surface area contributed by atoms with Gasteiger partial charge in [0.1, 0.15) is 12.6 Å². The lowest BCUT2D eigenvalue weighted by molar-refractivity contribution is -0.140. The van der Waals surface area contributed by atoms with Crippen LogP contribution in [0.4, 0.5) is 5.69 Å². The average molecular weight is 646 g/mol. The summed E-state index contributed by atoms with van der Waals surface area (Å²) >= 11 is 12.5. The zero-order valence-electron chi connectivity index (χ0n) is 24.5. The zero-order chi connectivity index (χ0) is 31.0. The van der Waals surface area contributed by atoms with Crippen molar-refractivity contribution in [3.05, 3.63) is 100 Å². The number of amides is 2. The van der Waals surface area contributed by atoms with Crippen LogP contribution in [0.15, 0.2) is 78.9 Å². The molecule has 0 radical (unpaired) electrons. The highest BCUT2D eigenvalue weighted by molar-refractivity contribution is 7.90. The Kier molecular flexibility index (Phi) is 11.5. The van der Waals surface area contributed by atoms with Crippen LogP contribution in [0.3, 0.4) is 0 Å². The molecule has 1 fully saturated rings. The predicted octanol–water partition coefficient (Wildman–Crippen LogP) is 5.70. The summed E-state index contributed by atoms with van der Waals surface area (Å²) < 4.78 is 29.0. The minimum Gasteiger partial charge on any atom is -0.352 e. The molecule has 8 nitrogen and oxygen atoms in total. The van der Waals surface area contributed by atoms with Crippen LogP contribution in [0, 0.1) is 0 Å². The first kappa shape index (κ1) is 32.8. The highest BCUT2D eigenvalue weighted by Crippen LogP contribution is 2.26. The molecule has 1 N–H and O–H groups in total. The van der Waals surface area contributed by atoms with E-state index in [9.17, 15) is 18.0 Å². The number of nitrogens with one attached hydrogen (secondary N) is 1. The van der Waals surface area contributed by atoms with E-state index in [1.54, 1.807) is 48.5 Å². The van der Waals surface area contributed by atoms with Crippen LogP contribution in [-0.4, -0.2) is 62.2 Å². The van der Waals surface area contributed by atoms with Gasteiger partial charge in [0.15, 0.2) is 0 Å². The number of carbonyl (C=O) groups is 2. The molecule has 0 aromatic heterocycles. The zero-order valence-corrected chi connectivity index (χ0v) is 26.8. The second-order valence-electron chi connectivity index (χ2n) is 11.0. The van der Waals surface area contributed by atoms with Crippen LogP contribution in [-0.2, 0) is 32.8 Å². The number of anilines is 1. The van der Waals surface area contributed by atoms with Gasteiger partial charge in [0.2, 0.25) is 11.8 Å². The van der Waals surface area contributed by atoms with Gasteiger partial charge >= 0.3 is 10.2 Å². The van der Waals surface area contributed by atoms with Gasteiger partial charge in [-0.05, 0) is 48.2 Å². The highest BCUT2D eigenvalue weighted by atomic mass is 35.5. The highest BCUT2D eigenvalue weighted by Gasteiger charge is 2.35. The fourth-order valence-electron chi connectivity index (χ4n) is 5.24. The second-order valence-corrected chi connectivity index (χ2v) is 13.8. The first-order chi connectivity index (χ1) is 20.6. The Bertz CT molecular complexity index is 1480. The lowest BCUT2D eigenvalue weighted by atomic mass is 9.94. The Morgan fingerprint density at radius 3 is 2.09 bits per heavy atom. The van der Waals surface area contributed by atoms with Crippen molar-refractivity contribution >= 4 is 50.9 Å². The summed E-state index contributed by atoms with van der Waals surface area (Å²) in [6.07, 6.45) is 5.22. The van der Waals surface area contributed by atoms with Crippen LogP contribution >= 0.6 is 23.2 Å². The molecular formula is C32H38Cl2N4O4S. The van der Waals surface area contributed by atoms with E-state index in [1.807, 2.05) is 30.3 Å². The summed E-state index contributed by atoms with van der Waals surface area (Å²) in [5.41, 5.74) is 1.87. The van der Waals surface area contributed by atoms with Crippen molar-refractivity contribution in [1.82, 2.24) is 14.5 Å². The third-order valence-corrected chi connectivity index (χ3v) is 10.2. The third kappa shape index (κ3) is 8.72. The molecule has 0 bridgehead atoms. The minimum absolute atomic E-state index is 0.0238. The third-order valence-electron chi connectivity index (χ3n) is 7.62. The van der Waals surface area contributed by atoms with Gasteiger partial charge in [-0.3, -0.25) is 9.59 Å². The molecule has 11 heteroatoms. The number of benzene rings is 3. The van der Waals surface area contributed by atoms with Crippen molar-refractivity contribution in [1.29, 1.82) is 0 Å². The molecule has 1 aliphatic rings.